The van der Waals surface area contributed by atoms with Gasteiger partial charge in [-0.2, -0.15) is 0 Å². The number of ketones is 2. The molecule has 244 valence electrons. The number of primary amides is 1. The first kappa shape index (κ1) is 32.8. The van der Waals surface area contributed by atoms with Crippen LogP contribution in [0.3, 0.4) is 0 Å². The number of aliphatic hydroxyl groups excluding tert-OH is 3. The number of nitrogens with one attached hydrogen (secondary N) is 1. The summed E-state index contributed by atoms with van der Waals surface area (Å²) in [7, 11) is 6.36. The first-order chi connectivity index (χ1) is 21.5. The number of likely N-dealkylation sites (N-methyl/N-ethyl adjacent to an activating group) is 2. The molecular weight excluding hydrogens is 596 g/mol. The number of fused-ring (bicyclic) bond motifs is 3. The van der Waals surface area contributed by atoms with Crippen molar-refractivity contribution in [1.82, 2.24) is 9.80 Å². The Bertz CT molecular complexity index is 1700. The fourth-order valence-corrected chi connectivity index (χ4v) is 7.28. The zero-order valence-corrected chi connectivity index (χ0v) is 26.1. The van der Waals surface area contributed by atoms with Crippen molar-refractivity contribution in [3.05, 3.63) is 76.1 Å². The largest absolute Gasteiger partial charge is 0.508 e. The molecule has 0 aromatic heterocycles. The van der Waals surface area contributed by atoms with Gasteiger partial charge < -0.3 is 36.6 Å². The predicted octanol–water partition coefficient (Wildman–Crippen LogP) is 0.607. The lowest BCUT2D eigenvalue weighted by atomic mass is 9.54. The number of Topliss-reactive ketones (excluding diaryl/α,β-unsaturated/α-hetero) is 2. The molecule has 0 saturated heterocycles. The van der Waals surface area contributed by atoms with E-state index in [2.05, 4.69) is 5.32 Å². The smallest absolute Gasteiger partial charge is 0.255 e. The van der Waals surface area contributed by atoms with E-state index >= 15 is 0 Å². The third-order valence-corrected chi connectivity index (χ3v) is 9.59. The molecular formula is C33H38N4O9. The maximum atomic E-state index is 14.2. The van der Waals surface area contributed by atoms with Crippen molar-refractivity contribution in [3.63, 3.8) is 0 Å². The second-order valence-corrected chi connectivity index (χ2v) is 12.6. The van der Waals surface area contributed by atoms with Crippen LogP contribution in [0.2, 0.25) is 0 Å². The highest BCUT2D eigenvalue weighted by Crippen LogP contribution is 2.56. The van der Waals surface area contributed by atoms with Crippen molar-refractivity contribution >= 4 is 34.8 Å². The second kappa shape index (κ2) is 11.7. The number of benzene rings is 2. The lowest BCUT2D eigenvalue weighted by Crippen LogP contribution is -2.70. The van der Waals surface area contributed by atoms with Gasteiger partial charge in [0.25, 0.3) is 5.91 Å². The summed E-state index contributed by atoms with van der Waals surface area (Å²) >= 11 is 0. The van der Waals surface area contributed by atoms with Gasteiger partial charge in [0.2, 0.25) is 11.7 Å². The predicted molar refractivity (Wildman–Crippen MR) is 167 cm³/mol. The number of phenols is 1. The van der Waals surface area contributed by atoms with Crippen molar-refractivity contribution in [2.45, 2.75) is 43.1 Å². The van der Waals surface area contributed by atoms with Crippen LogP contribution in [-0.2, 0) is 25.6 Å². The molecule has 0 spiro atoms. The van der Waals surface area contributed by atoms with Gasteiger partial charge in [0, 0.05) is 11.5 Å². The number of nitrogens with zero attached hydrogens (tertiary/aromatic N) is 2. The highest BCUT2D eigenvalue weighted by Gasteiger charge is 2.68. The Morgan fingerprint density at radius 2 is 1.65 bits per heavy atom. The molecule has 3 aliphatic rings. The molecule has 0 radical (unpaired) electrons. The zero-order chi connectivity index (χ0) is 34.0. The van der Waals surface area contributed by atoms with Crippen LogP contribution >= 0.6 is 0 Å². The molecule has 0 bridgehead atoms. The molecule has 2 aromatic carbocycles. The van der Waals surface area contributed by atoms with E-state index in [4.69, 9.17) is 5.73 Å². The molecule has 2 unspecified atom stereocenters. The Morgan fingerprint density at radius 3 is 2.22 bits per heavy atom. The molecule has 0 heterocycles. The Morgan fingerprint density at radius 1 is 1.02 bits per heavy atom. The van der Waals surface area contributed by atoms with Crippen LogP contribution in [0.25, 0.3) is 5.76 Å². The van der Waals surface area contributed by atoms with Crippen LogP contribution in [0.1, 0.15) is 29.5 Å². The normalized spacial score (nSPS) is 28.2. The number of amides is 2. The van der Waals surface area contributed by atoms with Crippen molar-refractivity contribution in [2.24, 2.45) is 17.6 Å². The van der Waals surface area contributed by atoms with Crippen LogP contribution < -0.4 is 11.1 Å². The Kier molecular flexibility index (Phi) is 8.32. The van der Waals surface area contributed by atoms with Crippen LogP contribution in [-0.4, -0.2) is 111 Å². The van der Waals surface area contributed by atoms with E-state index in [-0.39, 0.29) is 11.3 Å². The Hall–Kier alpha value is -4.56. The summed E-state index contributed by atoms with van der Waals surface area (Å²) in [5.74, 6) is -10.3. The van der Waals surface area contributed by atoms with Crippen molar-refractivity contribution in [1.29, 1.82) is 0 Å². The number of phenolic OH excluding ortho intramolecular Hbond substituents is 1. The third kappa shape index (κ3) is 4.78. The molecule has 0 aliphatic heterocycles. The number of hydrogen-bond donors (Lipinski definition) is 7. The average molecular weight is 635 g/mol. The summed E-state index contributed by atoms with van der Waals surface area (Å²) in [5, 5.41) is 60.3. The fraction of sp³-hybridized carbons (Fsp3) is 0.394. The number of aromatic hydroxyl groups is 1. The zero-order valence-electron chi connectivity index (χ0n) is 26.1. The average Bonchev–Trinajstić information content (AvgIpc) is 2.98. The summed E-state index contributed by atoms with van der Waals surface area (Å²) in [6, 6.07) is 10.3. The number of carbonyl (C=O) groups is 4. The quantitative estimate of drug-likeness (QED) is 0.165. The lowest BCUT2D eigenvalue weighted by molar-refractivity contribution is -0.169. The standard InChI is InChI=1S/C33H38N4O9/c1-14-16-11-12-17(35-32(45)18(36(2)3)13-15-9-7-6-8-10-15)25(38)20(16)26(39)21-19(14)27(40)23-24(37(4)5)28(41)22(31(34)44)30(43)33(23,46)29(21)42/h6-12,14,18-19,23-24,27,38-40,43,46H,13H2,1-5H3,(H2,34,44)(H,35,45)/t14-,18-,19?,23?,24-,27-,33-/m0/s1. The summed E-state index contributed by atoms with van der Waals surface area (Å²) < 4.78 is 0. The number of aliphatic hydroxyl groups is 4. The van der Waals surface area contributed by atoms with Gasteiger partial charge in [0.1, 0.15) is 22.8 Å². The Balaban J connectivity index is 1.61. The first-order valence-electron chi connectivity index (χ1n) is 14.8. The van der Waals surface area contributed by atoms with Crippen molar-refractivity contribution < 1.29 is 44.7 Å². The SMILES string of the molecule is C[C@H]1c2ccc(NC(=O)[C@H](Cc3ccccc3)N(C)C)c(O)c2C(O)=C2C(=O)[C@]3(O)C(O)=C(C(N)=O)C(=O)[C@@H](N(C)C)C3[C@@H](O)C21. The molecule has 7 atom stereocenters. The van der Waals surface area contributed by atoms with Gasteiger partial charge >= 0.3 is 0 Å². The second-order valence-electron chi connectivity index (χ2n) is 12.6. The minimum atomic E-state index is -3.01. The van der Waals surface area contributed by atoms with E-state index in [1.807, 2.05) is 30.3 Å². The number of anilines is 1. The van der Waals surface area contributed by atoms with Gasteiger partial charge in [0.15, 0.2) is 11.4 Å². The molecule has 13 heteroatoms. The fourth-order valence-electron chi connectivity index (χ4n) is 7.28. The number of hydrogen-bond acceptors (Lipinski definition) is 11. The molecule has 1 saturated carbocycles. The molecule has 3 aliphatic carbocycles. The Labute approximate surface area is 265 Å². The van der Waals surface area contributed by atoms with E-state index in [0.29, 0.717) is 12.0 Å². The maximum Gasteiger partial charge on any atom is 0.255 e. The highest BCUT2D eigenvalue weighted by molar-refractivity contribution is 6.24. The molecule has 2 aromatic rings. The highest BCUT2D eigenvalue weighted by atomic mass is 16.4. The third-order valence-electron chi connectivity index (χ3n) is 9.59. The van der Waals surface area contributed by atoms with Gasteiger partial charge in [-0.25, -0.2) is 0 Å². The minimum Gasteiger partial charge on any atom is -0.508 e. The lowest BCUT2D eigenvalue weighted by Gasteiger charge is -2.53. The monoisotopic (exact) mass is 634 g/mol. The molecule has 46 heavy (non-hydrogen) atoms. The van der Waals surface area contributed by atoms with Gasteiger partial charge in [-0.15, -0.1) is 0 Å². The molecule has 2 amide bonds. The molecule has 13 nitrogen and oxygen atoms in total. The minimum absolute atomic E-state index is 0.0588. The van der Waals surface area contributed by atoms with Crippen LogP contribution in [0, 0.1) is 11.8 Å². The number of rotatable bonds is 7. The van der Waals surface area contributed by atoms with Crippen LogP contribution in [0.15, 0.2) is 59.4 Å². The number of nitrogens with two attached hydrogens (primary N) is 1. The van der Waals surface area contributed by atoms with Gasteiger partial charge in [-0.3, -0.25) is 29.0 Å². The van der Waals surface area contributed by atoms with E-state index in [0.717, 1.165) is 5.56 Å². The molecule has 1 fully saturated rings. The molecule has 5 rings (SSSR count). The summed E-state index contributed by atoms with van der Waals surface area (Å²) in [6.45, 7) is 1.64. The van der Waals surface area contributed by atoms with E-state index in [1.165, 1.54) is 25.1 Å². The van der Waals surface area contributed by atoms with Gasteiger partial charge in [-0.1, -0.05) is 43.3 Å². The maximum absolute atomic E-state index is 14.2. The topological polar surface area (TPSA) is 214 Å². The van der Waals surface area contributed by atoms with E-state index in [9.17, 15) is 44.7 Å². The van der Waals surface area contributed by atoms with Crippen molar-refractivity contribution in [2.75, 3.05) is 33.5 Å². The van der Waals surface area contributed by atoms with E-state index < -0.39 is 93.3 Å². The summed E-state index contributed by atoms with van der Waals surface area (Å²) in [6.07, 6.45) is -1.33. The van der Waals surface area contributed by atoms with Gasteiger partial charge in [0.05, 0.1) is 35.4 Å². The first-order valence-corrected chi connectivity index (χ1v) is 14.8. The number of carbonyl (C=O) groups excluding carboxylic acids is 4. The van der Waals surface area contributed by atoms with E-state index in [1.54, 1.807) is 32.0 Å². The van der Waals surface area contributed by atoms with Gasteiger partial charge in [-0.05, 0) is 57.7 Å². The van der Waals surface area contributed by atoms with Crippen LogP contribution in [0.5, 0.6) is 5.75 Å². The molecule has 8 N–H and O–H groups in total. The van der Waals surface area contributed by atoms with Crippen molar-refractivity contribution in [3.8, 4) is 5.75 Å². The summed E-state index contributed by atoms with van der Waals surface area (Å²) in [4.78, 5) is 56.2. The summed E-state index contributed by atoms with van der Waals surface area (Å²) in [5.41, 5.74) is 1.82. The van der Waals surface area contributed by atoms with Crippen LogP contribution in [0.4, 0.5) is 5.69 Å².